The quantitative estimate of drug-likeness (QED) is 0.783. The van der Waals surface area contributed by atoms with E-state index in [9.17, 15) is 4.79 Å². The summed E-state index contributed by atoms with van der Waals surface area (Å²) in [6, 6.07) is 6.83. The number of carbonyl (C=O) groups excluding carboxylic acids is 1. The Morgan fingerprint density at radius 2 is 2.32 bits per heavy atom. The van der Waals surface area contributed by atoms with Gasteiger partial charge in [0.1, 0.15) is 12.4 Å². The molecule has 0 radical (unpaired) electrons. The van der Waals surface area contributed by atoms with Gasteiger partial charge in [0.2, 0.25) is 0 Å². The summed E-state index contributed by atoms with van der Waals surface area (Å²) in [7, 11) is 1.62. The summed E-state index contributed by atoms with van der Waals surface area (Å²) >= 11 is 5.82. The van der Waals surface area contributed by atoms with Crippen molar-refractivity contribution in [1.82, 2.24) is 10.2 Å². The first-order valence-electron chi connectivity index (χ1n) is 6.04. The Kier molecular flexibility index (Phi) is 6.45. The predicted octanol–water partition coefficient (Wildman–Crippen LogP) is 1.74. The predicted molar refractivity (Wildman–Crippen MR) is 74.7 cm³/mol. The topological polar surface area (TPSA) is 61.8 Å². The molecule has 0 aliphatic heterocycles. The van der Waals surface area contributed by atoms with Crippen LogP contribution in [0.4, 0.5) is 4.79 Å². The van der Waals surface area contributed by atoms with Crippen molar-refractivity contribution < 1.29 is 14.6 Å². The summed E-state index contributed by atoms with van der Waals surface area (Å²) < 4.78 is 5.43. The number of aliphatic hydroxyl groups is 1. The second-order valence-electron chi connectivity index (χ2n) is 4.27. The molecule has 1 aromatic carbocycles. The van der Waals surface area contributed by atoms with Gasteiger partial charge >= 0.3 is 6.03 Å². The SMILES string of the molecule is CC(O)CN(C)C(=O)NCCOc1cccc(Cl)c1. The number of hydrogen-bond acceptors (Lipinski definition) is 3. The Morgan fingerprint density at radius 3 is 2.95 bits per heavy atom. The number of rotatable bonds is 6. The molecule has 0 bridgehead atoms. The first-order chi connectivity index (χ1) is 8.99. The van der Waals surface area contributed by atoms with Gasteiger partial charge in [-0.3, -0.25) is 0 Å². The third-order valence-corrected chi connectivity index (χ3v) is 2.56. The molecule has 5 nitrogen and oxygen atoms in total. The lowest BCUT2D eigenvalue weighted by molar-refractivity contribution is 0.143. The van der Waals surface area contributed by atoms with Crippen LogP contribution in [0.1, 0.15) is 6.92 Å². The Bertz CT molecular complexity index is 413. The van der Waals surface area contributed by atoms with E-state index in [-0.39, 0.29) is 6.03 Å². The average molecular weight is 287 g/mol. The number of halogens is 1. The van der Waals surface area contributed by atoms with Crippen LogP contribution in [-0.4, -0.2) is 48.9 Å². The molecule has 0 aliphatic carbocycles. The van der Waals surface area contributed by atoms with Gasteiger partial charge in [-0.1, -0.05) is 17.7 Å². The highest BCUT2D eigenvalue weighted by Gasteiger charge is 2.09. The molecule has 0 spiro atoms. The number of nitrogens with zero attached hydrogens (tertiary/aromatic N) is 1. The fraction of sp³-hybridized carbons (Fsp3) is 0.462. The van der Waals surface area contributed by atoms with Crippen LogP contribution in [0, 0.1) is 0 Å². The van der Waals surface area contributed by atoms with Crippen LogP contribution in [0.5, 0.6) is 5.75 Å². The average Bonchev–Trinajstić information content (AvgIpc) is 2.33. The number of hydrogen-bond donors (Lipinski definition) is 2. The van der Waals surface area contributed by atoms with E-state index in [1.165, 1.54) is 4.90 Å². The molecule has 0 aliphatic rings. The maximum atomic E-state index is 11.6. The molecule has 6 heteroatoms. The molecule has 19 heavy (non-hydrogen) atoms. The lowest BCUT2D eigenvalue weighted by Gasteiger charge is -2.19. The van der Waals surface area contributed by atoms with Gasteiger partial charge in [0.05, 0.1) is 12.6 Å². The second kappa shape index (κ2) is 7.86. The van der Waals surface area contributed by atoms with Gasteiger partial charge in [-0.2, -0.15) is 0 Å². The van der Waals surface area contributed by atoms with Crippen molar-refractivity contribution in [2.45, 2.75) is 13.0 Å². The van der Waals surface area contributed by atoms with Gasteiger partial charge < -0.3 is 20.1 Å². The number of likely N-dealkylation sites (N-methyl/N-ethyl adjacent to an activating group) is 1. The molecule has 0 heterocycles. The highest BCUT2D eigenvalue weighted by atomic mass is 35.5. The molecule has 1 aromatic rings. The molecule has 0 saturated heterocycles. The molecular formula is C13H19ClN2O3. The number of nitrogens with one attached hydrogen (secondary N) is 1. The Morgan fingerprint density at radius 1 is 1.58 bits per heavy atom. The monoisotopic (exact) mass is 286 g/mol. The van der Waals surface area contributed by atoms with Crippen molar-refractivity contribution in [1.29, 1.82) is 0 Å². The van der Waals surface area contributed by atoms with E-state index in [1.807, 2.05) is 0 Å². The number of amides is 2. The van der Waals surface area contributed by atoms with Crippen molar-refractivity contribution >= 4 is 17.6 Å². The third-order valence-electron chi connectivity index (χ3n) is 2.33. The fourth-order valence-electron chi connectivity index (χ4n) is 1.50. The molecule has 0 aromatic heterocycles. The molecule has 1 rings (SSSR count). The van der Waals surface area contributed by atoms with Crippen LogP contribution in [-0.2, 0) is 0 Å². The minimum Gasteiger partial charge on any atom is -0.492 e. The molecular weight excluding hydrogens is 268 g/mol. The van der Waals surface area contributed by atoms with E-state index in [0.717, 1.165) is 0 Å². The smallest absolute Gasteiger partial charge is 0.317 e. The second-order valence-corrected chi connectivity index (χ2v) is 4.70. The van der Waals surface area contributed by atoms with Crippen LogP contribution < -0.4 is 10.1 Å². The number of ether oxygens (including phenoxy) is 1. The van der Waals surface area contributed by atoms with E-state index >= 15 is 0 Å². The van der Waals surface area contributed by atoms with E-state index in [0.29, 0.717) is 30.5 Å². The highest BCUT2D eigenvalue weighted by Crippen LogP contribution is 2.16. The Balaban J connectivity index is 2.22. The van der Waals surface area contributed by atoms with E-state index < -0.39 is 6.10 Å². The summed E-state index contributed by atoms with van der Waals surface area (Å²) in [5.41, 5.74) is 0. The number of urea groups is 1. The van der Waals surface area contributed by atoms with Crippen LogP contribution in [0.2, 0.25) is 5.02 Å². The van der Waals surface area contributed by atoms with E-state index in [2.05, 4.69) is 5.32 Å². The standard InChI is InChI=1S/C13H19ClN2O3/c1-10(17)9-16(2)13(18)15-6-7-19-12-5-3-4-11(14)8-12/h3-5,8,10,17H,6-7,9H2,1-2H3,(H,15,18). The van der Waals surface area contributed by atoms with Gasteiger partial charge in [0.15, 0.2) is 0 Å². The molecule has 106 valence electrons. The van der Waals surface area contributed by atoms with Crippen molar-refractivity contribution in [3.8, 4) is 5.75 Å². The highest BCUT2D eigenvalue weighted by molar-refractivity contribution is 6.30. The molecule has 1 atom stereocenters. The summed E-state index contributed by atoms with van der Waals surface area (Å²) in [6.07, 6.45) is -0.543. The van der Waals surface area contributed by atoms with Crippen LogP contribution >= 0.6 is 11.6 Å². The molecule has 2 amide bonds. The summed E-state index contributed by atoms with van der Waals surface area (Å²) in [4.78, 5) is 13.0. The van der Waals surface area contributed by atoms with Crippen LogP contribution in [0.25, 0.3) is 0 Å². The van der Waals surface area contributed by atoms with Gasteiger partial charge in [0.25, 0.3) is 0 Å². The van der Waals surface area contributed by atoms with E-state index in [1.54, 1.807) is 38.2 Å². The summed E-state index contributed by atoms with van der Waals surface area (Å²) in [5, 5.41) is 12.5. The van der Waals surface area contributed by atoms with Crippen molar-refractivity contribution in [2.75, 3.05) is 26.7 Å². The van der Waals surface area contributed by atoms with Crippen LogP contribution in [0.15, 0.2) is 24.3 Å². The molecule has 0 saturated carbocycles. The zero-order valence-corrected chi connectivity index (χ0v) is 11.9. The van der Waals surface area contributed by atoms with Gasteiger partial charge in [0, 0.05) is 18.6 Å². The first kappa shape index (κ1) is 15.6. The largest absolute Gasteiger partial charge is 0.492 e. The third kappa shape index (κ3) is 6.31. The molecule has 0 fully saturated rings. The normalized spacial score (nSPS) is 11.8. The lowest BCUT2D eigenvalue weighted by Crippen LogP contribution is -2.42. The molecule has 1 unspecified atom stereocenters. The number of carbonyl (C=O) groups is 1. The van der Waals surface area contributed by atoms with Crippen molar-refractivity contribution in [3.05, 3.63) is 29.3 Å². The number of benzene rings is 1. The zero-order chi connectivity index (χ0) is 14.3. The summed E-state index contributed by atoms with van der Waals surface area (Å²) in [6.45, 7) is 2.66. The Labute approximate surface area is 118 Å². The maximum Gasteiger partial charge on any atom is 0.317 e. The molecule has 2 N–H and O–H groups in total. The maximum absolute atomic E-state index is 11.6. The first-order valence-corrected chi connectivity index (χ1v) is 6.42. The zero-order valence-electron chi connectivity index (χ0n) is 11.1. The summed E-state index contributed by atoms with van der Waals surface area (Å²) in [5.74, 6) is 0.666. The van der Waals surface area contributed by atoms with E-state index in [4.69, 9.17) is 21.4 Å². The van der Waals surface area contributed by atoms with Crippen molar-refractivity contribution in [3.63, 3.8) is 0 Å². The minimum absolute atomic E-state index is 0.240. The van der Waals surface area contributed by atoms with Gasteiger partial charge in [-0.25, -0.2) is 4.79 Å². The Hall–Kier alpha value is -1.46. The van der Waals surface area contributed by atoms with Gasteiger partial charge in [-0.15, -0.1) is 0 Å². The van der Waals surface area contributed by atoms with Crippen LogP contribution in [0.3, 0.4) is 0 Å². The lowest BCUT2D eigenvalue weighted by atomic mass is 10.3. The fourth-order valence-corrected chi connectivity index (χ4v) is 1.68. The van der Waals surface area contributed by atoms with Gasteiger partial charge in [-0.05, 0) is 25.1 Å². The minimum atomic E-state index is -0.543. The van der Waals surface area contributed by atoms with Crippen molar-refractivity contribution in [2.24, 2.45) is 0 Å². The number of aliphatic hydroxyl groups excluding tert-OH is 1.